The number of amides is 5. The fraction of sp³-hybridized carbons (Fsp3) is 0.750. The van der Waals surface area contributed by atoms with E-state index in [1.54, 1.807) is 50.4 Å². The topological polar surface area (TPSA) is 175 Å². The van der Waals surface area contributed by atoms with Crippen LogP contribution in [0.4, 0.5) is 0 Å². The Labute approximate surface area is 355 Å². The number of likely N-dealkylation sites (tertiary alicyclic amines) is 1. The smallest absolute Gasteiger partial charge is 0.245 e. The lowest BCUT2D eigenvalue weighted by Gasteiger charge is -2.41. The van der Waals surface area contributed by atoms with E-state index >= 15 is 0 Å². The van der Waals surface area contributed by atoms with Crippen LogP contribution < -0.4 is 21.3 Å². The third-order valence-electron chi connectivity index (χ3n) is 11.8. The first-order valence-electron chi connectivity index (χ1n) is 21.5. The number of ether oxygens (including phenoxy) is 2. The number of thiol groups is 1. The number of benzene rings is 1. The first-order chi connectivity index (χ1) is 27.7. The number of methoxy groups -OCH3 is 2. The molecular weight excluding hydrogens is 773 g/mol. The van der Waals surface area contributed by atoms with Gasteiger partial charge in [-0.3, -0.25) is 28.2 Å². The molecule has 0 unspecified atom stereocenters. The quantitative estimate of drug-likeness (QED) is 0.0733. The van der Waals surface area contributed by atoms with Crippen molar-refractivity contribution in [2.24, 2.45) is 23.7 Å². The van der Waals surface area contributed by atoms with Gasteiger partial charge in [-0.05, 0) is 62.1 Å². The Bertz CT molecular complexity index is 1540. The van der Waals surface area contributed by atoms with Gasteiger partial charge in [-0.15, -0.1) is 9.93 Å². The molecule has 1 heterocycles. The highest BCUT2D eigenvalue weighted by Crippen LogP contribution is 2.30. The Morgan fingerprint density at radius 1 is 0.898 bits per heavy atom. The van der Waals surface area contributed by atoms with Crippen LogP contribution in [0.25, 0.3) is 0 Å². The Kier molecular flexibility index (Phi) is 21.7. The maximum Gasteiger partial charge on any atom is 0.245 e. The predicted octanol–water partition coefficient (Wildman–Crippen LogP) is 2.80. The fourth-order valence-corrected chi connectivity index (χ4v) is 9.13. The second kappa shape index (κ2) is 24.8. The Morgan fingerprint density at radius 3 is 2.05 bits per heavy atom. The minimum Gasteiger partial charge on any atom is -0.379 e. The lowest BCUT2D eigenvalue weighted by Crippen LogP contribution is -2.59. The zero-order chi connectivity index (χ0) is 44.6. The van der Waals surface area contributed by atoms with E-state index in [0.29, 0.717) is 31.7 Å². The monoisotopic (exact) mass is 851 g/mol. The average Bonchev–Trinajstić information content (AvgIpc) is 3.67. The molecule has 59 heavy (non-hydrogen) atoms. The van der Waals surface area contributed by atoms with Crippen molar-refractivity contribution < 1.29 is 37.7 Å². The van der Waals surface area contributed by atoms with Gasteiger partial charge in [-0.2, -0.15) is 0 Å². The van der Waals surface area contributed by atoms with Gasteiger partial charge in [0.1, 0.15) is 12.1 Å². The van der Waals surface area contributed by atoms with Gasteiger partial charge in [0, 0.05) is 46.5 Å². The van der Waals surface area contributed by atoms with E-state index in [4.69, 9.17) is 9.47 Å². The summed E-state index contributed by atoms with van der Waals surface area (Å²) in [5, 5.41) is 11.9. The molecular formula is C44H78N6O8S. The van der Waals surface area contributed by atoms with Gasteiger partial charge < -0.3 is 40.5 Å². The normalized spacial score (nSPS) is 18.9. The Hall–Kier alpha value is -3.40. The molecule has 4 N–H and O–H groups in total. The second-order valence-electron chi connectivity index (χ2n) is 17.5. The van der Waals surface area contributed by atoms with E-state index in [1.165, 1.54) is 7.11 Å². The summed E-state index contributed by atoms with van der Waals surface area (Å²) in [6.07, 6.45) is 5.03. The summed E-state index contributed by atoms with van der Waals surface area (Å²) in [7, 11) is 4.30. The maximum absolute atomic E-state index is 14.3. The zero-order valence-electron chi connectivity index (χ0n) is 38.2. The van der Waals surface area contributed by atoms with E-state index < -0.39 is 58.3 Å². The summed E-state index contributed by atoms with van der Waals surface area (Å²) >= 11 is 0. The van der Waals surface area contributed by atoms with Crippen LogP contribution >= 0.6 is 0 Å². The molecule has 9 atom stereocenters. The molecule has 2 rings (SSSR count). The van der Waals surface area contributed by atoms with Crippen molar-refractivity contribution in [2.45, 2.75) is 129 Å². The van der Waals surface area contributed by atoms with Gasteiger partial charge in [-0.25, -0.2) is 0 Å². The number of hydrogen-bond donors (Lipinski definition) is 5. The van der Waals surface area contributed by atoms with Crippen molar-refractivity contribution in [1.29, 1.82) is 0 Å². The summed E-state index contributed by atoms with van der Waals surface area (Å²) in [5.41, 5.74) is 0.886. The predicted molar refractivity (Wildman–Crippen MR) is 237 cm³/mol. The van der Waals surface area contributed by atoms with Crippen LogP contribution in [0.2, 0.25) is 0 Å². The van der Waals surface area contributed by atoms with Crippen LogP contribution in [0.3, 0.4) is 0 Å². The molecule has 1 aliphatic heterocycles. The Balaban J connectivity index is 2.28. The van der Waals surface area contributed by atoms with Gasteiger partial charge in [0.25, 0.3) is 0 Å². The first kappa shape index (κ1) is 51.7. The number of rotatable bonds is 25. The Morgan fingerprint density at radius 2 is 1.53 bits per heavy atom. The molecule has 0 saturated carbocycles. The van der Waals surface area contributed by atoms with E-state index in [2.05, 4.69) is 21.3 Å². The van der Waals surface area contributed by atoms with E-state index in [-0.39, 0.29) is 60.1 Å². The standard InChI is InChI=1S/C44H78N6O8S/c1-14-30(6)39(49(9)44(55)38(29(4)5)48-43(54)37(45-8)28(2)3)35(57-10)27-36(51)50-24-18-22-34(50)40(58-11)31(7)41(52)47-33(26-32-20-16-15-17-21-32)42(53)46-23-19-25-59(12,13)56/h15-17,20-21,28-31,33-35,37-40,45,59H,14,18-19,22-27H2,1-13H3,(H,46,53)(H,47,52)(H,48,54)/t30-,31+,33-,34-,35+,37-,38-,39-,40+/m1/s1. The number of carbonyl (C=O) groups is 5. The van der Waals surface area contributed by atoms with Crippen LogP contribution in [0, 0.1) is 23.7 Å². The molecule has 0 aliphatic carbocycles. The number of likely N-dealkylation sites (N-methyl/N-ethyl adjacent to an activating group) is 2. The molecule has 1 aliphatic rings. The van der Waals surface area contributed by atoms with Crippen LogP contribution in [0.5, 0.6) is 0 Å². The van der Waals surface area contributed by atoms with Crippen molar-refractivity contribution in [3.05, 3.63) is 35.9 Å². The zero-order valence-corrected chi connectivity index (χ0v) is 39.1. The molecule has 1 fully saturated rings. The summed E-state index contributed by atoms with van der Waals surface area (Å²) < 4.78 is 24.2. The highest BCUT2D eigenvalue weighted by molar-refractivity contribution is 8.01. The highest BCUT2D eigenvalue weighted by atomic mass is 32.2. The number of nitrogens with one attached hydrogen (secondary N) is 4. The minimum absolute atomic E-state index is 0.00460. The molecule has 0 bridgehead atoms. The second-order valence-corrected chi connectivity index (χ2v) is 21.1. The van der Waals surface area contributed by atoms with Crippen LogP contribution in [0.15, 0.2) is 30.3 Å². The molecule has 15 heteroatoms. The fourth-order valence-electron chi connectivity index (χ4n) is 8.21. The summed E-state index contributed by atoms with van der Waals surface area (Å²) in [6, 6.07) is 6.47. The molecule has 14 nitrogen and oxygen atoms in total. The van der Waals surface area contributed by atoms with E-state index in [0.717, 1.165) is 18.4 Å². The summed E-state index contributed by atoms with van der Waals surface area (Å²) in [4.78, 5) is 72.6. The number of hydrogen-bond acceptors (Lipinski definition) is 9. The molecule has 0 spiro atoms. The molecule has 1 aromatic rings. The van der Waals surface area contributed by atoms with Crippen LogP contribution in [-0.4, -0.2) is 146 Å². The minimum atomic E-state index is -2.23. The SMILES string of the molecule is CC[C@@H](C)[C@H]([C@H](CC(=O)N1CCC[C@@H]1[C@@H](OC)[C@H](C)C(=O)N[C@H](Cc1ccccc1)C(=O)NCCC[SH](C)(C)=O)OC)N(C)C(=O)[C@H](NC(=O)[C@H](NC)C(C)C)C(C)C. The van der Waals surface area contributed by atoms with Crippen molar-refractivity contribution in [3.8, 4) is 0 Å². The molecule has 1 aromatic carbocycles. The van der Waals surface area contributed by atoms with Gasteiger partial charge in [0.15, 0.2) is 0 Å². The lowest BCUT2D eigenvalue weighted by molar-refractivity contribution is -0.148. The van der Waals surface area contributed by atoms with Crippen molar-refractivity contribution in [1.82, 2.24) is 31.1 Å². The van der Waals surface area contributed by atoms with Crippen LogP contribution in [-0.2, 0) is 49.8 Å². The third kappa shape index (κ3) is 15.5. The average molecular weight is 851 g/mol. The molecule has 0 aromatic heterocycles. The molecule has 5 amide bonds. The maximum atomic E-state index is 14.3. The van der Waals surface area contributed by atoms with Crippen LogP contribution in [0.1, 0.15) is 86.1 Å². The number of carbonyl (C=O) groups excluding carboxylic acids is 5. The van der Waals surface area contributed by atoms with E-state index in [1.807, 2.05) is 71.9 Å². The van der Waals surface area contributed by atoms with Gasteiger partial charge in [0.05, 0.1) is 42.7 Å². The van der Waals surface area contributed by atoms with Crippen molar-refractivity contribution in [2.75, 3.05) is 59.7 Å². The molecule has 338 valence electrons. The number of nitrogens with zero attached hydrogens (tertiary/aromatic N) is 2. The van der Waals surface area contributed by atoms with Crippen molar-refractivity contribution >= 4 is 39.5 Å². The summed E-state index contributed by atoms with van der Waals surface area (Å²) in [5.74, 6) is -1.79. The van der Waals surface area contributed by atoms with Crippen molar-refractivity contribution in [3.63, 3.8) is 0 Å². The third-order valence-corrected chi connectivity index (χ3v) is 13.2. The first-order valence-corrected chi connectivity index (χ1v) is 24.3. The molecule has 0 radical (unpaired) electrons. The lowest BCUT2D eigenvalue weighted by atomic mass is 9.89. The van der Waals surface area contributed by atoms with Gasteiger partial charge in [-0.1, -0.05) is 85.2 Å². The highest BCUT2D eigenvalue weighted by Gasteiger charge is 2.43. The summed E-state index contributed by atoms with van der Waals surface area (Å²) in [6.45, 7) is 14.3. The largest absolute Gasteiger partial charge is 0.379 e. The van der Waals surface area contributed by atoms with Gasteiger partial charge in [0.2, 0.25) is 29.5 Å². The molecule has 1 saturated heterocycles. The van der Waals surface area contributed by atoms with E-state index in [9.17, 15) is 28.2 Å². The van der Waals surface area contributed by atoms with Gasteiger partial charge >= 0.3 is 0 Å².